The van der Waals surface area contributed by atoms with Crippen molar-refractivity contribution in [2.24, 2.45) is 16.1 Å². The molecule has 1 aromatic carbocycles. The number of hydrogen-bond donors (Lipinski definition) is 1. The minimum atomic E-state index is 0.0555. The molecule has 1 atom stereocenters. The van der Waals surface area contributed by atoms with E-state index in [1.165, 1.54) is 6.42 Å². The van der Waals surface area contributed by atoms with Gasteiger partial charge in [-0.2, -0.15) is 0 Å². The van der Waals surface area contributed by atoms with Crippen molar-refractivity contribution in [1.29, 1.82) is 0 Å². The van der Waals surface area contributed by atoms with Crippen molar-refractivity contribution in [3.05, 3.63) is 24.3 Å². The number of hydrogen-bond acceptors (Lipinski definition) is 4. The zero-order valence-corrected chi connectivity index (χ0v) is 12.5. The Morgan fingerprint density at radius 3 is 2.75 bits per heavy atom. The quantitative estimate of drug-likeness (QED) is 0.901. The molecule has 0 amide bonds. The van der Waals surface area contributed by atoms with Crippen LogP contribution in [0, 0.1) is 5.41 Å². The molecule has 20 heavy (non-hydrogen) atoms. The number of benzene rings is 1. The van der Waals surface area contributed by atoms with Crippen LogP contribution in [0.15, 0.2) is 29.3 Å². The largest absolute Gasteiger partial charge is 0.497 e. The van der Waals surface area contributed by atoms with Crippen LogP contribution in [0.2, 0.25) is 0 Å². The Hall–Kier alpha value is -1.71. The third kappa shape index (κ3) is 2.03. The molecule has 2 N–H and O–H groups in total. The first-order valence-corrected chi connectivity index (χ1v) is 7.20. The van der Waals surface area contributed by atoms with Crippen LogP contribution in [0.4, 0.5) is 5.69 Å². The average molecular weight is 273 g/mol. The first kappa shape index (κ1) is 13.3. The van der Waals surface area contributed by atoms with Crippen LogP contribution in [0.25, 0.3) is 0 Å². The fourth-order valence-corrected chi connectivity index (χ4v) is 3.73. The monoisotopic (exact) mass is 273 g/mol. The topological polar surface area (TPSA) is 50.9 Å². The van der Waals surface area contributed by atoms with Gasteiger partial charge in [0.2, 0.25) is 0 Å². The predicted octanol–water partition coefficient (Wildman–Crippen LogP) is 2.78. The standard InChI is InChI=1S/C16H23N3O/c1-15(2)7-8-16(10-15)11-18-14(17)19(16)12-5-4-6-13(9-12)20-3/h4-6,9H,7-8,10-11H2,1-3H3,(H2,17,18). The van der Waals surface area contributed by atoms with Gasteiger partial charge in [0.25, 0.3) is 0 Å². The van der Waals surface area contributed by atoms with E-state index < -0.39 is 0 Å². The van der Waals surface area contributed by atoms with Gasteiger partial charge in [-0.25, -0.2) is 0 Å². The Morgan fingerprint density at radius 2 is 2.10 bits per heavy atom. The number of methoxy groups -OCH3 is 1. The van der Waals surface area contributed by atoms with Gasteiger partial charge in [-0.1, -0.05) is 19.9 Å². The number of anilines is 1. The highest BCUT2D eigenvalue weighted by atomic mass is 16.5. The van der Waals surface area contributed by atoms with Crippen LogP contribution in [0.5, 0.6) is 5.75 Å². The molecule has 4 nitrogen and oxygen atoms in total. The molecule has 1 aliphatic heterocycles. The third-order valence-electron chi connectivity index (χ3n) is 4.63. The van der Waals surface area contributed by atoms with Crippen molar-refractivity contribution in [2.75, 3.05) is 18.6 Å². The van der Waals surface area contributed by atoms with E-state index in [1.807, 2.05) is 18.2 Å². The maximum Gasteiger partial charge on any atom is 0.196 e. The van der Waals surface area contributed by atoms with Crippen molar-refractivity contribution in [3.63, 3.8) is 0 Å². The molecular formula is C16H23N3O. The minimum absolute atomic E-state index is 0.0555. The maximum atomic E-state index is 6.18. The molecule has 2 aliphatic rings. The predicted molar refractivity (Wildman–Crippen MR) is 82.3 cm³/mol. The molecule has 0 bridgehead atoms. The molecule has 1 heterocycles. The molecule has 1 aliphatic carbocycles. The molecular weight excluding hydrogens is 250 g/mol. The Labute approximate surface area is 120 Å². The molecule has 4 heteroatoms. The first-order chi connectivity index (χ1) is 9.46. The van der Waals surface area contributed by atoms with Gasteiger partial charge in [-0.3, -0.25) is 4.99 Å². The van der Waals surface area contributed by atoms with E-state index in [1.54, 1.807) is 7.11 Å². The summed E-state index contributed by atoms with van der Waals surface area (Å²) >= 11 is 0. The molecule has 1 saturated carbocycles. The number of ether oxygens (including phenoxy) is 1. The van der Waals surface area contributed by atoms with E-state index in [4.69, 9.17) is 10.5 Å². The Kier molecular flexibility index (Phi) is 2.92. The lowest BCUT2D eigenvalue weighted by molar-refractivity contribution is 0.345. The fourth-order valence-electron chi connectivity index (χ4n) is 3.73. The van der Waals surface area contributed by atoms with Gasteiger partial charge in [0, 0.05) is 11.8 Å². The van der Waals surface area contributed by atoms with Crippen molar-refractivity contribution in [3.8, 4) is 5.75 Å². The summed E-state index contributed by atoms with van der Waals surface area (Å²) in [5.41, 5.74) is 7.68. The molecule has 1 unspecified atom stereocenters. The second-order valence-corrected chi connectivity index (χ2v) is 6.78. The summed E-state index contributed by atoms with van der Waals surface area (Å²) in [6.07, 6.45) is 3.49. The van der Waals surface area contributed by atoms with Crippen LogP contribution in [0.1, 0.15) is 33.1 Å². The van der Waals surface area contributed by atoms with E-state index in [-0.39, 0.29) is 5.54 Å². The lowest BCUT2D eigenvalue weighted by Gasteiger charge is -2.37. The highest BCUT2D eigenvalue weighted by molar-refractivity contribution is 5.98. The molecule has 108 valence electrons. The number of guanidine groups is 1. The summed E-state index contributed by atoms with van der Waals surface area (Å²) in [5, 5.41) is 0. The minimum Gasteiger partial charge on any atom is -0.497 e. The maximum absolute atomic E-state index is 6.18. The number of rotatable bonds is 2. The summed E-state index contributed by atoms with van der Waals surface area (Å²) < 4.78 is 5.33. The smallest absolute Gasteiger partial charge is 0.196 e. The fraction of sp³-hybridized carbons (Fsp3) is 0.562. The SMILES string of the molecule is COc1cccc(N2C(N)=NCC23CCC(C)(C)C3)c1. The lowest BCUT2D eigenvalue weighted by Crippen LogP contribution is -2.50. The zero-order valence-electron chi connectivity index (χ0n) is 12.5. The van der Waals surface area contributed by atoms with Crippen molar-refractivity contribution < 1.29 is 4.74 Å². The van der Waals surface area contributed by atoms with Gasteiger partial charge in [-0.15, -0.1) is 0 Å². The number of nitrogens with two attached hydrogens (primary N) is 1. The van der Waals surface area contributed by atoms with Crippen LogP contribution in [-0.4, -0.2) is 25.2 Å². The van der Waals surface area contributed by atoms with Gasteiger partial charge < -0.3 is 15.4 Å². The van der Waals surface area contributed by atoms with Crippen molar-refractivity contribution >= 4 is 11.6 Å². The summed E-state index contributed by atoms with van der Waals surface area (Å²) in [5.74, 6) is 1.49. The lowest BCUT2D eigenvalue weighted by atomic mass is 9.87. The second-order valence-electron chi connectivity index (χ2n) is 6.78. The molecule has 0 radical (unpaired) electrons. The molecule has 1 spiro atoms. The second kappa shape index (κ2) is 4.40. The molecule has 3 rings (SSSR count). The van der Waals surface area contributed by atoms with E-state index in [0.717, 1.165) is 30.8 Å². The zero-order chi connectivity index (χ0) is 14.4. The number of nitrogens with zero attached hydrogens (tertiary/aromatic N) is 2. The van der Waals surface area contributed by atoms with Crippen molar-refractivity contribution in [2.45, 2.75) is 38.6 Å². The van der Waals surface area contributed by atoms with Gasteiger partial charge in [0.05, 0.1) is 19.2 Å². The molecule has 0 saturated heterocycles. The van der Waals surface area contributed by atoms with Gasteiger partial charge in [0.1, 0.15) is 5.75 Å². The van der Waals surface area contributed by atoms with Crippen LogP contribution in [-0.2, 0) is 0 Å². The molecule has 1 aromatic rings. The summed E-state index contributed by atoms with van der Waals surface area (Å²) in [7, 11) is 1.69. The number of aliphatic imine (C=N–C) groups is 1. The third-order valence-corrected chi connectivity index (χ3v) is 4.63. The van der Waals surface area contributed by atoms with Crippen LogP contribution < -0.4 is 15.4 Å². The first-order valence-electron chi connectivity index (χ1n) is 7.20. The van der Waals surface area contributed by atoms with Crippen molar-refractivity contribution in [1.82, 2.24) is 0 Å². The van der Waals surface area contributed by atoms with E-state index in [9.17, 15) is 0 Å². The van der Waals surface area contributed by atoms with Gasteiger partial charge >= 0.3 is 0 Å². The van der Waals surface area contributed by atoms with E-state index in [0.29, 0.717) is 11.4 Å². The van der Waals surface area contributed by atoms with E-state index >= 15 is 0 Å². The normalized spacial score (nSPS) is 27.9. The summed E-state index contributed by atoms with van der Waals surface area (Å²) in [4.78, 5) is 6.76. The Bertz CT molecular complexity index is 552. The highest BCUT2D eigenvalue weighted by Crippen LogP contribution is 2.49. The Balaban J connectivity index is 1.99. The van der Waals surface area contributed by atoms with Gasteiger partial charge in [0.15, 0.2) is 5.96 Å². The molecule has 1 fully saturated rings. The summed E-state index contributed by atoms with van der Waals surface area (Å²) in [6.45, 7) is 5.47. The summed E-state index contributed by atoms with van der Waals surface area (Å²) in [6, 6.07) is 8.09. The Morgan fingerprint density at radius 1 is 1.30 bits per heavy atom. The van der Waals surface area contributed by atoms with Gasteiger partial charge in [-0.05, 0) is 36.8 Å². The van der Waals surface area contributed by atoms with Crippen LogP contribution in [0.3, 0.4) is 0 Å². The average Bonchev–Trinajstić information content (AvgIpc) is 2.90. The van der Waals surface area contributed by atoms with E-state index in [2.05, 4.69) is 29.8 Å². The van der Waals surface area contributed by atoms with Crippen LogP contribution >= 0.6 is 0 Å². The molecule has 0 aromatic heterocycles. The highest BCUT2D eigenvalue weighted by Gasteiger charge is 2.51.